The molecule has 1 aliphatic rings. The Labute approximate surface area is 115 Å². The smallest absolute Gasteiger partial charge is 0.251 e. The SMILES string of the molecule is CC(C)C(CCO)NC(=O)c1ccc2c(c1)CCC2. The number of hydrogen-bond acceptors (Lipinski definition) is 2. The van der Waals surface area contributed by atoms with Crippen molar-refractivity contribution in [2.75, 3.05) is 6.61 Å². The number of rotatable bonds is 5. The Balaban J connectivity index is 2.07. The molecular weight excluding hydrogens is 238 g/mol. The lowest BCUT2D eigenvalue weighted by Crippen LogP contribution is -2.39. The molecule has 3 heteroatoms. The van der Waals surface area contributed by atoms with Crippen LogP contribution in [0.2, 0.25) is 0 Å². The molecule has 104 valence electrons. The molecule has 1 aromatic rings. The van der Waals surface area contributed by atoms with Gasteiger partial charge in [0.1, 0.15) is 0 Å². The fourth-order valence-electron chi connectivity index (χ4n) is 2.68. The van der Waals surface area contributed by atoms with Gasteiger partial charge in [0.25, 0.3) is 5.91 Å². The average molecular weight is 261 g/mol. The van der Waals surface area contributed by atoms with Crippen molar-refractivity contribution in [3.8, 4) is 0 Å². The van der Waals surface area contributed by atoms with E-state index in [2.05, 4.69) is 25.2 Å². The van der Waals surface area contributed by atoms with Crippen molar-refractivity contribution in [3.63, 3.8) is 0 Å². The van der Waals surface area contributed by atoms with Gasteiger partial charge >= 0.3 is 0 Å². The second-order valence-electron chi connectivity index (χ2n) is 5.67. The standard InChI is InChI=1S/C16H23NO2/c1-11(2)15(8-9-18)17-16(19)14-7-6-12-4-3-5-13(12)10-14/h6-7,10-11,15,18H,3-5,8-9H2,1-2H3,(H,17,19). The molecule has 0 radical (unpaired) electrons. The van der Waals surface area contributed by atoms with Gasteiger partial charge in [-0.2, -0.15) is 0 Å². The summed E-state index contributed by atoms with van der Waals surface area (Å²) in [7, 11) is 0. The first-order valence-corrected chi connectivity index (χ1v) is 7.15. The van der Waals surface area contributed by atoms with E-state index in [-0.39, 0.29) is 18.6 Å². The third kappa shape index (κ3) is 3.35. The molecule has 0 fully saturated rings. The maximum atomic E-state index is 12.2. The number of amides is 1. The molecule has 1 amide bonds. The minimum Gasteiger partial charge on any atom is -0.396 e. The Hall–Kier alpha value is -1.35. The van der Waals surface area contributed by atoms with Gasteiger partial charge in [0, 0.05) is 18.2 Å². The topological polar surface area (TPSA) is 49.3 Å². The van der Waals surface area contributed by atoms with Crippen LogP contribution in [0, 0.1) is 5.92 Å². The van der Waals surface area contributed by atoms with E-state index >= 15 is 0 Å². The molecule has 2 rings (SSSR count). The average Bonchev–Trinajstić information content (AvgIpc) is 2.85. The van der Waals surface area contributed by atoms with E-state index in [9.17, 15) is 4.79 Å². The number of aliphatic hydroxyl groups is 1. The molecule has 0 bridgehead atoms. The third-order valence-corrected chi connectivity index (χ3v) is 3.92. The fourth-order valence-corrected chi connectivity index (χ4v) is 2.68. The zero-order valence-electron chi connectivity index (χ0n) is 11.8. The normalized spacial score (nSPS) is 15.4. The summed E-state index contributed by atoms with van der Waals surface area (Å²) < 4.78 is 0. The highest BCUT2D eigenvalue weighted by atomic mass is 16.3. The highest BCUT2D eigenvalue weighted by Gasteiger charge is 2.18. The van der Waals surface area contributed by atoms with Gasteiger partial charge in [0.2, 0.25) is 0 Å². The van der Waals surface area contributed by atoms with Crippen LogP contribution in [-0.2, 0) is 12.8 Å². The zero-order chi connectivity index (χ0) is 13.8. The summed E-state index contributed by atoms with van der Waals surface area (Å²) in [6, 6.07) is 6.04. The van der Waals surface area contributed by atoms with E-state index < -0.39 is 0 Å². The van der Waals surface area contributed by atoms with Gasteiger partial charge in [-0.25, -0.2) is 0 Å². The molecular formula is C16H23NO2. The van der Waals surface area contributed by atoms with Gasteiger partial charge in [-0.15, -0.1) is 0 Å². The molecule has 0 spiro atoms. The second kappa shape index (κ2) is 6.20. The maximum absolute atomic E-state index is 12.2. The molecule has 1 aromatic carbocycles. The van der Waals surface area contributed by atoms with E-state index in [1.807, 2.05) is 12.1 Å². The van der Waals surface area contributed by atoms with Crippen molar-refractivity contribution < 1.29 is 9.90 Å². The lowest BCUT2D eigenvalue weighted by Gasteiger charge is -2.21. The monoisotopic (exact) mass is 261 g/mol. The van der Waals surface area contributed by atoms with Crippen LogP contribution in [0.4, 0.5) is 0 Å². The molecule has 1 unspecified atom stereocenters. The Kier molecular flexibility index (Phi) is 4.59. The van der Waals surface area contributed by atoms with Crippen molar-refractivity contribution in [3.05, 3.63) is 34.9 Å². The largest absolute Gasteiger partial charge is 0.396 e. The number of fused-ring (bicyclic) bond motifs is 1. The van der Waals surface area contributed by atoms with Crippen molar-refractivity contribution >= 4 is 5.91 Å². The van der Waals surface area contributed by atoms with Crippen LogP contribution in [-0.4, -0.2) is 23.7 Å². The Bertz CT molecular complexity index is 454. The number of nitrogens with one attached hydrogen (secondary N) is 1. The maximum Gasteiger partial charge on any atom is 0.251 e. The molecule has 0 aliphatic heterocycles. The molecule has 0 saturated heterocycles. The minimum absolute atomic E-state index is 0.0261. The summed E-state index contributed by atoms with van der Waals surface area (Å²) in [5, 5.41) is 12.1. The lowest BCUT2D eigenvalue weighted by molar-refractivity contribution is 0.0916. The number of carbonyl (C=O) groups is 1. The summed E-state index contributed by atoms with van der Waals surface area (Å²) in [6.45, 7) is 4.22. The Morgan fingerprint density at radius 3 is 2.74 bits per heavy atom. The first kappa shape index (κ1) is 14.1. The molecule has 0 saturated carbocycles. The molecule has 1 aliphatic carbocycles. The van der Waals surface area contributed by atoms with Gasteiger partial charge in [-0.3, -0.25) is 4.79 Å². The third-order valence-electron chi connectivity index (χ3n) is 3.92. The first-order chi connectivity index (χ1) is 9.11. The van der Waals surface area contributed by atoms with Gasteiger partial charge < -0.3 is 10.4 Å². The summed E-state index contributed by atoms with van der Waals surface area (Å²) in [5.41, 5.74) is 3.44. The summed E-state index contributed by atoms with van der Waals surface area (Å²) in [5.74, 6) is 0.298. The van der Waals surface area contributed by atoms with E-state index in [1.54, 1.807) is 0 Å². The van der Waals surface area contributed by atoms with Crippen molar-refractivity contribution in [2.45, 2.75) is 45.6 Å². The number of benzene rings is 1. The number of hydrogen-bond donors (Lipinski definition) is 2. The minimum atomic E-state index is -0.0261. The van der Waals surface area contributed by atoms with Crippen molar-refractivity contribution in [2.24, 2.45) is 5.92 Å². The van der Waals surface area contributed by atoms with Crippen LogP contribution in [0.25, 0.3) is 0 Å². The predicted octanol–water partition coefficient (Wildman–Crippen LogP) is 2.31. The van der Waals surface area contributed by atoms with Gasteiger partial charge in [-0.05, 0) is 54.9 Å². The molecule has 1 atom stereocenters. The summed E-state index contributed by atoms with van der Waals surface area (Å²) in [6.07, 6.45) is 4.02. The van der Waals surface area contributed by atoms with Crippen molar-refractivity contribution in [1.82, 2.24) is 5.32 Å². The number of aliphatic hydroxyl groups excluding tert-OH is 1. The van der Waals surface area contributed by atoms with E-state index in [1.165, 1.54) is 17.5 Å². The van der Waals surface area contributed by atoms with Crippen LogP contribution < -0.4 is 5.32 Å². The Morgan fingerprint density at radius 1 is 1.32 bits per heavy atom. The van der Waals surface area contributed by atoms with Crippen molar-refractivity contribution in [1.29, 1.82) is 0 Å². The second-order valence-corrected chi connectivity index (χ2v) is 5.67. The molecule has 0 aromatic heterocycles. The van der Waals surface area contributed by atoms with Crippen LogP contribution in [0.15, 0.2) is 18.2 Å². The van der Waals surface area contributed by atoms with Gasteiger partial charge in [0.05, 0.1) is 0 Å². The van der Waals surface area contributed by atoms with E-state index in [0.717, 1.165) is 18.4 Å². The van der Waals surface area contributed by atoms with Gasteiger partial charge in [-0.1, -0.05) is 19.9 Å². The Morgan fingerprint density at radius 2 is 2.05 bits per heavy atom. The van der Waals surface area contributed by atoms with E-state index in [4.69, 9.17) is 5.11 Å². The lowest BCUT2D eigenvalue weighted by atomic mass is 10.00. The number of aryl methyl sites for hydroxylation is 2. The van der Waals surface area contributed by atoms with E-state index in [0.29, 0.717) is 12.3 Å². The first-order valence-electron chi connectivity index (χ1n) is 7.15. The fraction of sp³-hybridized carbons (Fsp3) is 0.562. The molecule has 0 heterocycles. The summed E-state index contributed by atoms with van der Waals surface area (Å²) >= 11 is 0. The summed E-state index contributed by atoms with van der Waals surface area (Å²) in [4.78, 5) is 12.2. The highest BCUT2D eigenvalue weighted by Crippen LogP contribution is 2.23. The van der Waals surface area contributed by atoms with Crippen LogP contribution in [0.1, 0.15) is 48.2 Å². The van der Waals surface area contributed by atoms with Crippen LogP contribution in [0.5, 0.6) is 0 Å². The molecule has 3 nitrogen and oxygen atoms in total. The highest BCUT2D eigenvalue weighted by molar-refractivity contribution is 5.94. The van der Waals surface area contributed by atoms with Gasteiger partial charge in [0.15, 0.2) is 0 Å². The molecule has 2 N–H and O–H groups in total. The predicted molar refractivity (Wildman–Crippen MR) is 76.3 cm³/mol. The zero-order valence-corrected chi connectivity index (χ0v) is 11.8. The quantitative estimate of drug-likeness (QED) is 0.854. The van der Waals surface area contributed by atoms with Crippen LogP contribution >= 0.6 is 0 Å². The van der Waals surface area contributed by atoms with Crippen LogP contribution in [0.3, 0.4) is 0 Å². The molecule has 19 heavy (non-hydrogen) atoms. The number of carbonyl (C=O) groups excluding carboxylic acids is 1.